The van der Waals surface area contributed by atoms with Gasteiger partial charge in [0.25, 0.3) is 0 Å². The fraction of sp³-hybridized carbons (Fsp3) is 0.444. The van der Waals surface area contributed by atoms with Gasteiger partial charge in [0, 0.05) is 23.2 Å². The number of rotatable bonds is 7. The SMILES string of the molecule is CCOc1ccccc1CNC(=O)N[C@@H](c1nc(C)cs1)C1CC1. The molecule has 1 saturated carbocycles. The fourth-order valence-electron chi connectivity index (χ4n) is 2.64. The lowest BCUT2D eigenvalue weighted by Gasteiger charge is -2.17. The third kappa shape index (κ3) is 4.26. The van der Waals surface area contributed by atoms with Gasteiger partial charge in [-0.1, -0.05) is 18.2 Å². The Labute approximate surface area is 146 Å². The van der Waals surface area contributed by atoms with Crippen LogP contribution in [0.15, 0.2) is 29.6 Å². The van der Waals surface area contributed by atoms with Crippen molar-refractivity contribution >= 4 is 17.4 Å². The lowest BCUT2D eigenvalue weighted by molar-refractivity contribution is 0.235. The van der Waals surface area contributed by atoms with Crippen LogP contribution in [0.5, 0.6) is 5.75 Å². The first kappa shape index (κ1) is 16.8. The Morgan fingerprint density at radius 3 is 2.88 bits per heavy atom. The zero-order chi connectivity index (χ0) is 16.9. The Hall–Kier alpha value is -2.08. The van der Waals surface area contributed by atoms with Crippen LogP contribution < -0.4 is 15.4 Å². The van der Waals surface area contributed by atoms with Crippen LogP contribution >= 0.6 is 11.3 Å². The first-order chi connectivity index (χ1) is 11.7. The molecular formula is C18H23N3O2S. The predicted octanol–water partition coefficient (Wildman–Crippen LogP) is 3.80. The largest absolute Gasteiger partial charge is 0.494 e. The third-order valence-corrected chi connectivity index (χ3v) is 5.04. The molecule has 5 nitrogen and oxygen atoms in total. The van der Waals surface area contributed by atoms with E-state index in [1.165, 1.54) is 0 Å². The van der Waals surface area contributed by atoms with E-state index in [4.69, 9.17) is 4.74 Å². The van der Waals surface area contributed by atoms with Gasteiger partial charge in [-0.2, -0.15) is 0 Å². The number of nitrogens with one attached hydrogen (secondary N) is 2. The molecule has 1 atom stereocenters. The Morgan fingerprint density at radius 1 is 1.42 bits per heavy atom. The van der Waals surface area contributed by atoms with Crippen LogP contribution in [0.4, 0.5) is 4.79 Å². The van der Waals surface area contributed by atoms with Crippen molar-refractivity contribution in [2.45, 2.75) is 39.3 Å². The Morgan fingerprint density at radius 2 is 2.21 bits per heavy atom. The number of ether oxygens (including phenoxy) is 1. The molecule has 1 aliphatic rings. The molecule has 2 aromatic rings. The number of thiazole rings is 1. The van der Waals surface area contributed by atoms with Crippen LogP contribution in [0.1, 0.15) is 42.1 Å². The summed E-state index contributed by atoms with van der Waals surface area (Å²) < 4.78 is 5.59. The first-order valence-corrected chi connectivity index (χ1v) is 9.22. The molecule has 2 N–H and O–H groups in total. The van der Waals surface area contributed by atoms with Gasteiger partial charge in [-0.15, -0.1) is 11.3 Å². The third-order valence-electron chi connectivity index (χ3n) is 3.99. The summed E-state index contributed by atoms with van der Waals surface area (Å²) in [5.41, 5.74) is 1.98. The maximum atomic E-state index is 12.3. The molecule has 1 fully saturated rings. The fourth-order valence-corrected chi connectivity index (χ4v) is 3.58. The highest BCUT2D eigenvalue weighted by molar-refractivity contribution is 7.09. The van der Waals surface area contributed by atoms with Crippen molar-refractivity contribution in [3.05, 3.63) is 45.9 Å². The Balaban J connectivity index is 1.59. The van der Waals surface area contributed by atoms with Crippen molar-refractivity contribution in [3.8, 4) is 5.75 Å². The summed E-state index contributed by atoms with van der Waals surface area (Å²) in [7, 11) is 0. The smallest absolute Gasteiger partial charge is 0.315 e. The normalized spacial score (nSPS) is 14.9. The van der Waals surface area contributed by atoms with E-state index in [-0.39, 0.29) is 12.1 Å². The number of hydrogen-bond acceptors (Lipinski definition) is 4. The van der Waals surface area contributed by atoms with E-state index in [2.05, 4.69) is 15.6 Å². The van der Waals surface area contributed by atoms with E-state index in [0.717, 1.165) is 34.9 Å². The Kier molecular flexibility index (Phi) is 5.35. The molecule has 1 aliphatic carbocycles. The molecule has 1 aromatic heterocycles. The van der Waals surface area contributed by atoms with Gasteiger partial charge in [0.15, 0.2) is 0 Å². The van der Waals surface area contributed by atoms with Crippen LogP contribution in [0.2, 0.25) is 0 Å². The summed E-state index contributed by atoms with van der Waals surface area (Å²) in [4.78, 5) is 16.9. The van der Waals surface area contributed by atoms with Gasteiger partial charge < -0.3 is 15.4 Å². The number of amides is 2. The van der Waals surface area contributed by atoms with Gasteiger partial charge in [-0.05, 0) is 38.7 Å². The minimum atomic E-state index is -0.161. The molecule has 24 heavy (non-hydrogen) atoms. The van der Waals surface area contributed by atoms with Crippen molar-refractivity contribution in [1.29, 1.82) is 0 Å². The zero-order valence-electron chi connectivity index (χ0n) is 14.0. The molecule has 1 heterocycles. The van der Waals surface area contributed by atoms with Crippen molar-refractivity contribution in [2.24, 2.45) is 5.92 Å². The molecule has 3 rings (SSSR count). The van der Waals surface area contributed by atoms with Crippen LogP contribution in [0, 0.1) is 12.8 Å². The van der Waals surface area contributed by atoms with Crippen LogP contribution in [0.25, 0.3) is 0 Å². The monoisotopic (exact) mass is 345 g/mol. The van der Waals surface area contributed by atoms with Crippen molar-refractivity contribution in [1.82, 2.24) is 15.6 Å². The molecule has 0 aliphatic heterocycles. The number of nitrogens with zero attached hydrogens (tertiary/aromatic N) is 1. The molecule has 0 saturated heterocycles. The predicted molar refractivity (Wildman–Crippen MR) is 95.3 cm³/mol. The van der Waals surface area contributed by atoms with E-state index < -0.39 is 0 Å². The highest BCUT2D eigenvalue weighted by Gasteiger charge is 2.35. The number of para-hydroxylation sites is 1. The second kappa shape index (κ2) is 7.66. The molecule has 0 spiro atoms. The number of hydrogen-bond donors (Lipinski definition) is 2. The highest BCUT2D eigenvalue weighted by atomic mass is 32.1. The average Bonchev–Trinajstić information content (AvgIpc) is 3.33. The summed E-state index contributed by atoms with van der Waals surface area (Å²) in [6.45, 7) is 4.98. The molecule has 0 unspecified atom stereocenters. The summed E-state index contributed by atoms with van der Waals surface area (Å²) in [5.74, 6) is 1.33. The molecule has 2 amide bonds. The minimum Gasteiger partial charge on any atom is -0.494 e. The maximum Gasteiger partial charge on any atom is 0.315 e. The number of benzene rings is 1. The van der Waals surface area contributed by atoms with Gasteiger partial charge in [-0.3, -0.25) is 0 Å². The quantitative estimate of drug-likeness (QED) is 0.802. The van der Waals surface area contributed by atoms with E-state index in [9.17, 15) is 4.79 Å². The number of aromatic nitrogens is 1. The summed E-state index contributed by atoms with van der Waals surface area (Å²) in [6, 6.07) is 7.62. The van der Waals surface area contributed by atoms with Crippen LogP contribution in [-0.4, -0.2) is 17.6 Å². The second-order valence-corrected chi connectivity index (χ2v) is 6.90. The van der Waals surface area contributed by atoms with E-state index in [0.29, 0.717) is 19.1 Å². The zero-order valence-corrected chi connectivity index (χ0v) is 14.9. The second-order valence-electron chi connectivity index (χ2n) is 6.01. The van der Waals surface area contributed by atoms with Crippen molar-refractivity contribution in [2.75, 3.05) is 6.61 Å². The highest BCUT2D eigenvalue weighted by Crippen LogP contribution is 2.41. The lowest BCUT2D eigenvalue weighted by atomic mass is 10.2. The van der Waals surface area contributed by atoms with E-state index >= 15 is 0 Å². The summed E-state index contributed by atoms with van der Waals surface area (Å²) in [6.07, 6.45) is 2.30. The van der Waals surface area contributed by atoms with Gasteiger partial charge >= 0.3 is 6.03 Å². The molecule has 0 radical (unpaired) electrons. The van der Waals surface area contributed by atoms with Crippen molar-refractivity contribution in [3.63, 3.8) is 0 Å². The topological polar surface area (TPSA) is 63.2 Å². The van der Waals surface area contributed by atoms with Crippen LogP contribution in [0.3, 0.4) is 0 Å². The lowest BCUT2D eigenvalue weighted by Crippen LogP contribution is -2.38. The van der Waals surface area contributed by atoms with Gasteiger partial charge in [0.05, 0.1) is 12.6 Å². The van der Waals surface area contributed by atoms with Crippen molar-refractivity contribution < 1.29 is 9.53 Å². The standard InChI is InChI=1S/C18H23N3O2S/c1-3-23-15-7-5-4-6-14(15)10-19-18(22)21-16(13-8-9-13)17-20-12(2)11-24-17/h4-7,11,13,16H,3,8-10H2,1-2H3,(H2,19,21,22)/t16-/m1/s1. The van der Waals surface area contributed by atoms with Gasteiger partial charge in [0.2, 0.25) is 0 Å². The average molecular weight is 345 g/mol. The Bertz CT molecular complexity index is 697. The van der Waals surface area contributed by atoms with E-state index in [1.54, 1.807) is 11.3 Å². The molecule has 1 aromatic carbocycles. The van der Waals surface area contributed by atoms with Crippen LogP contribution in [-0.2, 0) is 6.54 Å². The summed E-state index contributed by atoms with van der Waals surface area (Å²) in [5, 5.41) is 9.05. The minimum absolute atomic E-state index is 0.0193. The molecular weight excluding hydrogens is 322 g/mol. The van der Waals surface area contributed by atoms with Gasteiger partial charge in [-0.25, -0.2) is 9.78 Å². The summed E-state index contributed by atoms with van der Waals surface area (Å²) >= 11 is 1.62. The molecule has 6 heteroatoms. The molecule has 128 valence electrons. The first-order valence-electron chi connectivity index (χ1n) is 8.34. The van der Waals surface area contributed by atoms with E-state index in [1.807, 2.05) is 43.5 Å². The maximum absolute atomic E-state index is 12.3. The number of carbonyl (C=O) groups is 1. The number of carbonyl (C=O) groups excluding carboxylic acids is 1. The number of urea groups is 1. The van der Waals surface area contributed by atoms with Gasteiger partial charge in [0.1, 0.15) is 10.8 Å². The molecule has 0 bridgehead atoms. The number of aryl methyl sites for hydroxylation is 1.